The third-order valence-corrected chi connectivity index (χ3v) is 5.64. The van der Waals surface area contributed by atoms with Crippen LogP contribution in [-0.2, 0) is 9.59 Å². The van der Waals surface area contributed by atoms with E-state index in [4.69, 9.17) is 4.74 Å². The summed E-state index contributed by atoms with van der Waals surface area (Å²) in [7, 11) is 0. The lowest BCUT2D eigenvalue weighted by molar-refractivity contribution is -0.137. The fourth-order valence-corrected chi connectivity index (χ4v) is 3.96. The molecule has 1 saturated carbocycles. The van der Waals surface area contributed by atoms with Crippen LogP contribution >= 0.6 is 0 Å². The van der Waals surface area contributed by atoms with E-state index in [9.17, 15) is 9.59 Å². The molecule has 25 heavy (non-hydrogen) atoms. The van der Waals surface area contributed by atoms with Gasteiger partial charge in [-0.05, 0) is 31.4 Å². The first-order valence-electron chi connectivity index (χ1n) is 9.42. The fraction of sp³-hybridized carbons (Fsp3) is 0.600. The van der Waals surface area contributed by atoms with Crippen molar-refractivity contribution in [3.8, 4) is 5.75 Å². The summed E-state index contributed by atoms with van der Waals surface area (Å²) in [4.78, 5) is 28.7. The molecule has 3 aliphatic rings. The monoisotopic (exact) mass is 342 g/mol. The van der Waals surface area contributed by atoms with Crippen molar-refractivity contribution in [3.63, 3.8) is 0 Å². The molecule has 0 spiro atoms. The third-order valence-electron chi connectivity index (χ3n) is 5.64. The number of piperidine rings is 1. The maximum Gasteiger partial charge on any atom is 0.227 e. The van der Waals surface area contributed by atoms with Crippen LogP contribution in [-0.4, -0.2) is 53.4 Å². The highest BCUT2D eigenvalue weighted by atomic mass is 16.5. The van der Waals surface area contributed by atoms with Gasteiger partial charge in [-0.1, -0.05) is 18.2 Å². The summed E-state index contributed by atoms with van der Waals surface area (Å²) in [5, 5.41) is 0. The van der Waals surface area contributed by atoms with E-state index in [2.05, 4.69) is 13.0 Å². The lowest BCUT2D eigenvalue weighted by atomic mass is 10.0. The molecule has 3 fully saturated rings. The summed E-state index contributed by atoms with van der Waals surface area (Å²) < 4.78 is 6.11. The highest BCUT2D eigenvalue weighted by Gasteiger charge is 2.43. The zero-order chi connectivity index (χ0) is 17.4. The van der Waals surface area contributed by atoms with Crippen molar-refractivity contribution in [1.29, 1.82) is 0 Å². The largest absolute Gasteiger partial charge is 0.490 e. The van der Waals surface area contributed by atoms with Crippen molar-refractivity contribution in [2.24, 2.45) is 5.92 Å². The Morgan fingerprint density at radius 1 is 1.12 bits per heavy atom. The number of aryl methyl sites for hydroxylation is 1. The second-order valence-corrected chi connectivity index (χ2v) is 7.59. The fourth-order valence-electron chi connectivity index (χ4n) is 3.96. The summed E-state index contributed by atoms with van der Waals surface area (Å²) in [5.74, 6) is 1.13. The number of rotatable bonds is 4. The highest BCUT2D eigenvalue weighted by Crippen LogP contribution is 2.33. The maximum atomic E-state index is 12.8. The van der Waals surface area contributed by atoms with E-state index < -0.39 is 0 Å². The van der Waals surface area contributed by atoms with Crippen LogP contribution in [0.2, 0.25) is 0 Å². The third kappa shape index (κ3) is 3.51. The summed E-state index contributed by atoms with van der Waals surface area (Å²) >= 11 is 0. The molecular weight excluding hydrogens is 316 g/mol. The molecule has 0 aromatic heterocycles. The molecule has 1 aromatic rings. The van der Waals surface area contributed by atoms with Crippen LogP contribution in [0.3, 0.4) is 0 Å². The number of para-hydroxylation sites is 1. The quantitative estimate of drug-likeness (QED) is 0.844. The van der Waals surface area contributed by atoms with E-state index in [-0.39, 0.29) is 23.8 Å². The molecule has 2 saturated heterocycles. The number of nitrogens with zero attached hydrogens (tertiary/aromatic N) is 2. The number of hydrogen-bond acceptors (Lipinski definition) is 3. The number of benzene rings is 1. The van der Waals surface area contributed by atoms with Gasteiger partial charge in [-0.3, -0.25) is 9.59 Å². The smallest absolute Gasteiger partial charge is 0.227 e. The molecule has 134 valence electrons. The van der Waals surface area contributed by atoms with Crippen LogP contribution in [0.25, 0.3) is 0 Å². The van der Waals surface area contributed by atoms with Crippen LogP contribution in [0.5, 0.6) is 5.75 Å². The first-order chi connectivity index (χ1) is 12.1. The number of carbonyl (C=O) groups excluding carboxylic acids is 2. The van der Waals surface area contributed by atoms with Crippen molar-refractivity contribution >= 4 is 11.8 Å². The van der Waals surface area contributed by atoms with Gasteiger partial charge in [-0.25, -0.2) is 0 Å². The molecule has 0 N–H and O–H groups in total. The number of carbonyl (C=O) groups is 2. The Labute approximate surface area is 148 Å². The van der Waals surface area contributed by atoms with E-state index in [0.29, 0.717) is 19.0 Å². The standard InChI is InChI=1S/C20H26N2O3/c1-14-4-2-3-5-18(14)25-17-8-10-21(11-9-17)20(24)15-12-19(23)22(13-15)16-6-7-16/h2-5,15-17H,6-13H2,1H3/t15-/m1/s1. The normalized spacial score (nSPS) is 24.7. The number of amides is 2. The zero-order valence-electron chi connectivity index (χ0n) is 14.8. The first kappa shape index (κ1) is 16.4. The molecular formula is C20H26N2O3. The highest BCUT2D eigenvalue weighted by molar-refractivity contribution is 5.89. The van der Waals surface area contributed by atoms with Gasteiger partial charge in [0.1, 0.15) is 11.9 Å². The Bertz CT molecular complexity index is 663. The second kappa shape index (κ2) is 6.70. The zero-order valence-corrected chi connectivity index (χ0v) is 14.8. The van der Waals surface area contributed by atoms with Crippen molar-refractivity contribution in [2.45, 2.75) is 51.2 Å². The topological polar surface area (TPSA) is 49.9 Å². The Morgan fingerprint density at radius 3 is 2.52 bits per heavy atom. The van der Waals surface area contributed by atoms with Crippen LogP contribution in [0.4, 0.5) is 0 Å². The minimum atomic E-state index is -0.137. The Hall–Kier alpha value is -2.04. The van der Waals surface area contributed by atoms with Gasteiger partial charge in [0.15, 0.2) is 0 Å². The summed E-state index contributed by atoms with van der Waals surface area (Å²) in [6.07, 6.45) is 4.48. The predicted molar refractivity (Wildman–Crippen MR) is 94.3 cm³/mol. The number of hydrogen-bond donors (Lipinski definition) is 0. The lowest BCUT2D eigenvalue weighted by Gasteiger charge is -2.33. The molecule has 1 aromatic carbocycles. The summed E-state index contributed by atoms with van der Waals surface area (Å²) in [6.45, 7) is 4.13. The van der Waals surface area contributed by atoms with Gasteiger partial charge in [-0.2, -0.15) is 0 Å². The van der Waals surface area contributed by atoms with Gasteiger partial charge in [0.2, 0.25) is 11.8 Å². The van der Waals surface area contributed by atoms with Crippen LogP contribution in [0, 0.1) is 12.8 Å². The van der Waals surface area contributed by atoms with E-state index in [1.54, 1.807) is 0 Å². The molecule has 0 bridgehead atoms. The molecule has 1 aliphatic carbocycles. The van der Waals surface area contributed by atoms with E-state index in [0.717, 1.165) is 50.1 Å². The number of likely N-dealkylation sites (tertiary alicyclic amines) is 2. The predicted octanol–water partition coefficient (Wildman–Crippen LogP) is 2.38. The van der Waals surface area contributed by atoms with Crippen LogP contribution < -0.4 is 4.74 Å². The van der Waals surface area contributed by atoms with Crippen LogP contribution in [0.1, 0.15) is 37.7 Å². The van der Waals surface area contributed by atoms with E-state index in [1.165, 1.54) is 0 Å². The van der Waals surface area contributed by atoms with Crippen molar-refractivity contribution in [1.82, 2.24) is 9.80 Å². The SMILES string of the molecule is Cc1ccccc1OC1CCN(C(=O)[C@@H]2CC(=O)N(C3CC3)C2)CC1. The Balaban J connectivity index is 1.29. The Kier molecular flexibility index (Phi) is 4.40. The van der Waals surface area contributed by atoms with Crippen molar-refractivity contribution in [2.75, 3.05) is 19.6 Å². The number of ether oxygens (including phenoxy) is 1. The minimum absolute atomic E-state index is 0.137. The summed E-state index contributed by atoms with van der Waals surface area (Å²) in [6, 6.07) is 8.47. The minimum Gasteiger partial charge on any atom is -0.490 e. The molecule has 5 nitrogen and oxygen atoms in total. The van der Waals surface area contributed by atoms with Crippen LogP contribution in [0.15, 0.2) is 24.3 Å². The van der Waals surface area contributed by atoms with Gasteiger partial charge < -0.3 is 14.5 Å². The molecule has 0 radical (unpaired) electrons. The first-order valence-corrected chi connectivity index (χ1v) is 9.42. The van der Waals surface area contributed by atoms with E-state index >= 15 is 0 Å². The molecule has 4 rings (SSSR count). The lowest BCUT2D eigenvalue weighted by Crippen LogP contribution is -2.45. The van der Waals surface area contributed by atoms with Crippen molar-refractivity contribution in [3.05, 3.63) is 29.8 Å². The van der Waals surface area contributed by atoms with E-state index in [1.807, 2.05) is 28.0 Å². The maximum absolute atomic E-state index is 12.8. The van der Waals surface area contributed by atoms with Gasteiger partial charge in [-0.15, -0.1) is 0 Å². The molecule has 2 amide bonds. The van der Waals surface area contributed by atoms with Gasteiger partial charge in [0.05, 0.1) is 5.92 Å². The van der Waals surface area contributed by atoms with Crippen molar-refractivity contribution < 1.29 is 14.3 Å². The van der Waals surface area contributed by atoms with Gasteiger partial charge in [0, 0.05) is 44.9 Å². The molecule has 5 heteroatoms. The Morgan fingerprint density at radius 2 is 1.84 bits per heavy atom. The second-order valence-electron chi connectivity index (χ2n) is 7.59. The average Bonchev–Trinajstić information content (AvgIpc) is 3.39. The molecule has 2 aliphatic heterocycles. The molecule has 2 heterocycles. The van der Waals surface area contributed by atoms with Gasteiger partial charge >= 0.3 is 0 Å². The molecule has 0 unspecified atom stereocenters. The average molecular weight is 342 g/mol. The molecule has 1 atom stereocenters. The summed E-state index contributed by atoms with van der Waals surface area (Å²) in [5.41, 5.74) is 1.14. The van der Waals surface area contributed by atoms with Gasteiger partial charge in [0.25, 0.3) is 0 Å².